The van der Waals surface area contributed by atoms with E-state index in [1.807, 2.05) is 7.05 Å². The maximum Gasteiger partial charge on any atom is 0.328 e. The van der Waals surface area contributed by atoms with Crippen LogP contribution in [0.25, 0.3) is 0 Å². The number of carbonyl (C=O) groups excluding carboxylic acids is 1. The van der Waals surface area contributed by atoms with Gasteiger partial charge in [-0.3, -0.25) is 0 Å². The topological polar surface area (TPSA) is 47.6 Å². The molecule has 0 heterocycles. The van der Waals surface area contributed by atoms with Gasteiger partial charge in [0.05, 0.1) is 19.8 Å². The first-order valence-corrected chi connectivity index (χ1v) is 7.82. The highest BCUT2D eigenvalue weighted by Crippen LogP contribution is 2.42. The van der Waals surface area contributed by atoms with Crippen molar-refractivity contribution < 1.29 is 14.3 Å². The fraction of sp³-hybridized carbons (Fsp3) is 0.938. The van der Waals surface area contributed by atoms with Crippen molar-refractivity contribution in [1.29, 1.82) is 0 Å². The molecule has 2 aliphatic carbocycles. The fourth-order valence-electron chi connectivity index (χ4n) is 3.27. The lowest BCUT2D eigenvalue weighted by Crippen LogP contribution is -2.57. The van der Waals surface area contributed by atoms with Crippen molar-refractivity contribution in [3.8, 4) is 0 Å². The summed E-state index contributed by atoms with van der Waals surface area (Å²) in [6, 6.07) is 0. The van der Waals surface area contributed by atoms with Crippen molar-refractivity contribution in [2.45, 2.75) is 64.0 Å². The molecular formula is C16H29NO3. The highest BCUT2D eigenvalue weighted by molar-refractivity contribution is 5.82. The lowest BCUT2D eigenvalue weighted by atomic mass is 9.76. The molecule has 0 aromatic heterocycles. The van der Waals surface area contributed by atoms with E-state index in [9.17, 15) is 4.79 Å². The standard InChI is InChI=1S/C16H29NO3/c1-15(2)9-7-13(8-10-15)20-11-16(17-3,12-5-6-12)14(18)19-4/h12-13,17H,5-11H2,1-4H3. The third-order valence-electron chi connectivity index (χ3n) is 5.10. The zero-order valence-corrected chi connectivity index (χ0v) is 13.3. The van der Waals surface area contributed by atoms with Crippen LogP contribution in [0.4, 0.5) is 0 Å². The van der Waals surface area contributed by atoms with Crippen LogP contribution < -0.4 is 5.32 Å². The van der Waals surface area contributed by atoms with Crippen LogP contribution in [0.3, 0.4) is 0 Å². The summed E-state index contributed by atoms with van der Waals surface area (Å²) in [6.45, 7) is 5.07. The molecule has 0 aromatic carbocycles. The molecule has 116 valence electrons. The van der Waals surface area contributed by atoms with Crippen LogP contribution in [0.1, 0.15) is 52.4 Å². The second-order valence-electron chi connectivity index (χ2n) is 7.16. The Morgan fingerprint density at radius 1 is 1.25 bits per heavy atom. The summed E-state index contributed by atoms with van der Waals surface area (Å²) in [7, 11) is 3.29. The van der Waals surface area contributed by atoms with E-state index in [1.165, 1.54) is 20.0 Å². The van der Waals surface area contributed by atoms with Gasteiger partial charge in [0.25, 0.3) is 0 Å². The summed E-state index contributed by atoms with van der Waals surface area (Å²) in [5.41, 5.74) is -0.194. The molecule has 1 N–H and O–H groups in total. The maximum atomic E-state index is 12.2. The summed E-state index contributed by atoms with van der Waals surface area (Å²) >= 11 is 0. The second kappa shape index (κ2) is 6.02. The molecule has 2 rings (SSSR count). The number of carbonyl (C=O) groups is 1. The van der Waals surface area contributed by atoms with Gasteiger partial charge < -0.3 is 14.8 Å². The Labute approximate surface area is 122 Å². The average molecular weight is 283 g/mol. The summed E-state index contributed by atoms with van der Waals surface area (Å²) in [5, 5.41) is 3.18. The minimum Gasteiger partial charge on any atom is -0.468 e. The van der Waals surface area contributed by atoms with Gasteiger partial charge in [-0.2, -0.15) is 0 Å². The van der Waals surface area contributed by atoms with E-state index >= 15 is 0 Å². The third-order valence-corrected chi connectivity index (χ3v) is 5.10. The molecule has 4 heteroatoms. The fourth-order valence-corrected chi connectivity index (χ4v) is 3.27. The zero-order chi connectivity index (χ0) is 14.8. The molecule has 0 aliphatic heterocycles. The normalized spacial score (nSPS) is 26.0. The molecule has 1 atom stereocenters. The molecule has 20 heavy (non-hydrogen) atoms. The van der Waals surface area contributed by atoms with Crippen LogP contribution in [0.2, 0.25) is 0 Å². The number of likely N-dealkylation sites (N-methyl/N-ethyl adjacent to an activating group) is 1. The first kappa shape index (κ1) is 15.8. The van der Waals surface area contributed by atoms with Gasteiger partial charge in [0.1, 0.15) is 5.54 Å². The molecule has 4 nitrogen and oxygen atoms in total. The number of hydrogen-bond donors (Lipinski definition) is 1. The van der Waals surface area contributed by atoms with Crippen LogP contribution in [0.5, 0.6) is 0 Å². The number of hydrogen-bond acceptors (Lipinski definition) is 4. The lowest BCUT2D eigenvalue weighted by Gasteiger charge is -2.37. The highest BCUT2D eigenvalue weighted by Gasteiger charge is 2.51. The van der Waals surface area contributed by atoms with Crippen LogP contribution in [-0.2, 0) is 14.3 Å². The molecule has 0 spiro atoms. The largest absolute Gasteiger partial charge is 0.468 e. The Hall–Kier alpha value is -0.610. The molecule has 0 radical (unpaired) electrons. The van der Waals surface area contributed by atoms with Crippen molar-refractivity contribution in [1.82, 2.24) is 5.32 Å². The van der Waals surface area contributed by atoms with E-state index in [-0.39, 0.29) is 5.97 Å². The third kappa shape index (κ3) is 3.34. The van der Waals surface area contributed by atoms with Crippen molar-refractivity contribution in [2.75, 3.05) is 20.8 Å². The van der Waals surface area contributed by atoms with Gasteiger partial charge in [-0.1, -0.05) is 13.8 Å². The monoisotopic (exact) mass is 283 g/mol. The van der Waals surface area contributed by atoms with Crippen molar-refractivity contribution >= 4 is 5.97 Å². The van der Waals surface area contributed by atoms with Gasteiger partial charge in [-0.15, -0.1) is 0 Å². The second-order valence-corrected chi connectivity index (χ2v) is 7.16. The number of nitrogens with one attached hydrogen (secondary N) is 1. The minimum absolute atomic E-state index is 0.182. The first-order chi connectivity index (χ1) is 9.43. The van der Waals surface area contributed by atoms with E-state index in [0.29, 0.717) is 24.0 Å². The molecule has 0 bridgehead atoms. The van der Waals surface area contributed by atoms with Crippen molar-refractivity contribution in [3.63, 3.8) is 0 Å². The molecule has 2 fully saturated rings. The van der Waals surface area contributed by atoms with Crippen LogP contribution in [-0.4, -0.2) is 38.4 Å². The molecular weight excluding hydrogens is 254 g/mol. The van der Waals surface area contributed by atoms with Crippen LogP contribution in [0.15, 0.2) is 0 Å². The molecule has 0 amide bonds. The number of rotatable bonds is 6. The zero-order valence-electron chi connectivity index (χ0n) is 13.3. The number of ether oxygens (including phenoxy) is 2. The molecule has 1 unspecified atom stereocenters. The summed E-state index contributed by atoms with van der Waals surface area (Å²) in [5.74, 6) is 0.179. The Bertz CT molecular complexity index is 342. The average Bonchev–Trinajstić information content (AvgIpc) is 3.26. The maximum absolute atomic E-state index is 12.2. The Balaban J connectivity index is 1.91. The molecule has 0 aromatic rings. The van der Waals surface area contributed by atoms with E-state index in [4.69, 9.17) is 9.47 Å². The Morgan fingerprint density at radius 3 is 2.30 bits per heavy atom. The molecule has 0 saturated heterocycles. The summed E-state index contributed by atoms with van der Waals surface area (Å²) in [4.78, 5) is 12.2. The van der Waals surface area contributed by atoms with Gasteiger partial charge in [0.15, 0.2) is 0 Å². The first-order valence-electron chi connectivity index (χ1n) is 7.82. The molecule has 2 saturated carbocycles. The van der Waals surface area contributed by atoms with Crippen LogP contribution in [0, 0.1) is 11.3 Å². The number of esters is 1. The van der Waals surface area contributed by atoms with Crippen molar-refractivity contribution in [2.24, 2.45) is 11.3 Å². The Kier molecular flexibility index (Phi) is 4.75. The van der Waals surface area contributed by atoms with Crippen LogP contribution >= 0.6 is 0 Å². The highest BCUT2D eigenvalue weighted by atomic mass is 16.5. The van der Waals surface area contributed by atoms with E-state index in [0.717, 1.165) is 25.7 Å². The minimum atomic E-state index is -0.637. The predicted octanol–water partition coefficient (Wildman–Crippen LogP) is 2.51. The van der Waals surface area contributed by atoms with Gasteiger partial charge in [0, 0.05) is 0 Å². The quantitative estimate of drug-likeness (QED) is 0.761. The number of methoxy groups -OCH3 is 1. The smallest absolute Gasteiger partial charge is 0.328 e. The summed E-state index contributed by atoms with van der Waals surface area (Å²) < 4.78 is 11.1. The van der Waals surface area contributed by atoms with E-state index < -0.39 is 5.54 Å². The van der Waals surface area contributed by atoms with Gasteiger partial charge in [0.2, 0.25) is 0 Å². The van der Waals surface area contributed by atoms with E-state index in [1.54, 1.807) is 0 Å². The van der Waals surface area contributed by atoms with Crippen molar-refractivity contribution in [3.05, 3.63) is 0 Å². The Morgan fingerprint density at radius 2 is 1.85 bits per heavy atom. The van der Waals surface area contributed by atoms with Gasteiger partial charge in [-0.25, -0.2) is 4.79 Å². The van der Waals surface area contributed by atoms with Gasteiger partial charge >= 0.3 is 5.97 Å². The van der Waals surface area contributed by atoms with Gasteiger partial charge in [-0.05, 0) is 56.9 Å². The predicted molar refractivity (Wildman–Crippen MR) is 78.5 cm³/mol. The SMILES string of the molecule is CNC(COC1CCC(C)(C)CC1)(C(=O)OC)C1CC1. The lowest BCUT2D eigenvalue weighted by molar-refractivity contribution is -0.154. The molecule has 2 aliphatic rings. The summed E-state index contributed by atoms with van der Waals surface area (Å²) in [6.07, 6.45) is 7.04. The van der Waals surface area contributed by atoms with E-state index in [2.05, 4.69) is 19.2 Å².